The third kappa shape index (κ3) is 3.79. The number of methoxy groups -OCH3 is 1. The SMILES string of the molecule is CC.COc1c(O)ccc2c(=O)cc(-c3ccc(O)cc3)oc12.[W]. The fraction of sp³-hybridized carbons (Fsp3) is 0.167. The molecule has 6 heteroatoms. The first-order valence-corrected chi connectivity index (χ1v) is 7.23. The summed E-state index contributed by atoms with van der Waals surface area (Å²) >= 11 is 0. The van der Waals surface area contributed by atoms with Crippen LogP contribution in [-0.2, 0) is 21.1 Å². The van der Waals surface area contributed by atoms with Crippen LogP contribution in [0.1, 0.15) is 13.8 Å². The van der Waals surface area contributed by atoms with E-state index in [0.717, 1.165) is 0 Å². The van der Waals surface area contributed by atoms with E-state index in [0.29, 0.717) is 16.7 Å². The Labute approximate surface area is 153 Å². The Morgan fingerprint density at radius 3 is 2.21 bits per heavy atom. The molecule has 1 heterocycles. The molecule has 5 nitrogen and oxygen atoms in total. The van der Waals surface area contributed by atoms with Gasteiger partial charge in [-0.25, -0.2) is 0 Å². The van der Waals surface area contributed by atoms with Crippen molar-refractivity contribution in [3.05, 3.63) is 52.7 Å². The van der Waals surface area contributed by atoms with Crippen molar-refractivity contribution in [3.8, 4) is 28.6 Å². The van der Waals surface area contributed by atoms with Crippen LogP contribution in [0, 0.1) is 0 Å². The predicted octanol–water partition coefficient (Wildman–Crippen LogP) is 3.90. The number of benzene rings is 2. The predicted molar refractivity (Wildman–Crippen MR) is 89.1 cm³/mol. The Bertz CT molecular complexity index is 869. The number of aromatic hydroxyl groups is 2. The minimum atomic E-state index is -0.238. The fourth-order valence-electron chi connectivity index (χ4n) is 2.15. The maximum atomic E-state index is 12.2. The molecule has 0 fully saturated rings. The maximum absolute atomic E-state index is 12.2. The minimum absolute atomic E-state index is 0. The summed E-state index contributed by atoms with van der Waals surface area (Å²) in [5.74, 6) is 0.467. The molecule has 2 aromatic carbocycles. The van der Waals surface area contributed by atoms with Crippen LogP contribution in [0.4, 0.5) is 0 Å². The maximum Gasteiger partial charge on any atom is 0.204 e. The van der Waals surface area contributed by atoms with Crippen molar-refractivity contribution < 1.29 is 40.4 Å². The second-order valence-electron chi connectivity index (χ2n) is 4.52. The van der Waals surface area contributed by atoms with Gasteiger partial charge < -0.3 is 19.4 Å². The Hall–Kier alpha value is -2.26. The summed E-state index contributed by atoms with van der Waals surface area (Å²) in [5, 5.41) is 19.4. The van der Waals surface area contributed by atoms with Crippen molar-refractivity contribution in [2.24, 2.45) is 0 Å². The van der Waals surface area contributed by atoms with Crippen molar-refractivity contribution in [1.29, 1.82) is 0 Å². The number of rotatable bonds is 2. The van der Waals surface area contributed by atoms with E-state index >= 15 is 0 Å². The first-order valence-electron chi connectivity index (χ1n) is 7.23. The van der Waals surface area contributed by atoms with Crippen LogP contribution in [0.15, 0.2) is 51.7 Å². The van der Waals surface area contributed by atoms with Gasteiger partial charge in [-0.1, -0.05) is 13.8 Å². The minimum Gasteiger partial charge on any atom is -0.508 e. The molecule has 1 aromatic heterocycles. The van der Waals surface area contributed by atoms with E-state index in [-0.39, 0.29) is 49.3 Å². The van der Waals surface area contributed by atoms with E-state index in [1.807, 2.05) is 13.8 Å². The molecule has 0 aliphatic rings. The Morgan fingerprint density at radius 1 is 1.00 bits per heavy atom. The van der Waals surface area contributed by atoms with E-state index in [1.165, 1.54) is 37.4 Å². The van der Waals surface area contributed by atoms with Gasteiger partial charge in [-0.3, -0.25) is 4.79 Å². The Kier molecular flexibility index (Phi) is 7.05. The molecule has 3 aromatic rings. The zero-order valence-electron chi connectivity index (χ0n) is 13.6. The first kappa shape index (κ1) is 19.8. The topological polar surface area (TPSA) is 79.9 Å². The van der Waals surface area contributed by atoms with Gasteiger partial charge in [0.1, 0.15) is 11.5 Å². The molecule has 0 saturated carbocycles. The van der Waals surface area contributed by atoms with Crippen molar-refractivity contribution in [2.45, 2.75) is 13.8 Å². The summed E-state index contributed by atoms with van der Waals surface area (Å²) in [5.41, 5.74) is 0.586. The molecule has 126 valence electrons. The summed E-state index contributed by atoms with van der Waals surface area (Å²) in [6.45, 7) is 4.00. The Morgan fingerprint density at radius 2 is 1.62 bits per heavy atom. The summed E-state index contributed by atoms with van der Waals surface area (Å²) in [4.78, 5) is 12.2. The molecule has 2 N–H and O–H groups in total. The van der Waals surface area contributed by atoms with Crippen LogP contribution >= 0.6 is 0 Å². The first-order chi connectivity index (χ1) is 11.1. The van der Waals surface area contributed by atoms with Crippen LogP contribution in [0.5, 0.6) is 17.2 Å². The molecule has 0 atom stereocenters. The van der Waals surface area contributed by atoms with Crippen molar-refractivity contribution >= 4 is 11.0 Å². The van der Waals surface area contributed by atoms with Gasteiger partial charge in [0.05, 0.1) is 12.5 Å². The van der Waals surface area contributed by atoms with E-state index in [9.17, 15) is 15.0 Å². The number of hydrogen-bond donors (Lipinski definition) is 2. The van der Waals surface area contributed by atoms with Gasteiger partial charge in [-0.2, -0.15) is 0 Å². The van der Waals surface area contributed by atoms with Crippen molar-refractivity contribution in [3.63, 3.8) is 0 Å². The zero-order valence-corrected chi connectivity index (χ0v) is 16.5. The molecular weight excluding hydrogens is 480 g/mol. The third-order valence-corrected chi connectivity index (χ3v) is 3.19. The number of phenolic OH excluding ortho intramolecular Hbond substituents is 2. The van der Waals surface area contributed by atoms with Gasteiger partial charge in [0.2, 0.25) is 5.75 Å². The normalized spacial score (nSPS) is 9.62. The van der Waals surface area contributed by atoms with Crippen LogP contribution < -0.4 is 10.2 Å². The number of fused-ring (bicyclic) bond motifs is 1. The van der Waals surface area contributed by atoms with Crippen LogP contribution in [0.3, 0.4) is 0 Å². The van der Waals surface area contributed by atoms with Crippen LogP contribution in [0.2, 0.25) is 0 Å². The smallest absolute Gasteiger partial charge is 0.204 e. The molecule has 0 aliphatic carbocycles. The average molecular weight is 498 g/mol. The number of phenols is 2. The van der Waals surface area contributed by atoms with Crippen LogP contribution in [-0.4, -0.2) is 17.3 Å². The summed E-state index contributed by atoms with van der Waals surface area (Å²) < 4.78 is 10.8. The van der Waals surface area contributed by atoms with Gasteiger partial charge in [-0.05, 0) is 36.4 Å². The molecule has 24 heavy (non-hydrogen) atoms. The molecule has 0 aliphatic heterocycles. The Balaban J connectivity index is 0.000000925. The molecule has 0 spiro atoms. The largest absolute Gasteiger partial charge is 0.508 e. The van der Waals surface area contributed by atoms with Gasteiger partial charge in [-0.15, -0.1) is 0 Å². The summed E-state index contributed by atoms with van der Waals surface area (Å²) in [6.07, 6.45) is 0. The summed E-state index contributed by atoms with van der Waals surface area (Å²) in [7, 11) is 1.39. The van der Waals surface area contributed by atoms with Crippen molar-refractivity contribution in [2.75, 3.05) is 7.11 Å². The monoisotopic (exact) mass is 498 g/mol. The average Bonchev–Trinajstić information content (AvgIpc) is 2.57. The standard InChI is InChI=1S/C16H12O5.C2H6.W/c1-20-16-12(18)7-6-11-13(19)8-14(21-15(11)16)9-2-4-10(17)5-3-9;1-2;/h2-8,17-18H,1H3;1-2H3;. The van der Waals surface area contributed by atoms with E-state index in [1.54, 1.807) is 12.1 Å². The third-order valence-electron chi connectivity index (χ3n) is 3.19. The molecule has 0 amide bonds. The van der Waals surface area contributed by atoms with E-state index in [2.05, 4.69) is 0 Å². The molecule has 0 unspecified atom stereocenters. The van der Waals surface area contributed by atoms with Gasteiger partial charge in [0.15, 0.2) is 16.8 Å². The van der Waals surface area contributed by atoms with Gasteiger partial charge in [0, 0.05) is 32.7 Å². The van der Waals surface area contributed by atoms with Gasteiger partial charge in [0.25, 0.3) is 0 Å². The van der Waals surface area contributed by atoms with E-state index < -0.39 is 0 Å². The second-order valence-corrected chi connectivity index (χ2v) is 4.52. The molecule has 0 saturated heterocycles. The van der Waals surface area contributed by atoms with E-state index in [4.69, 9.17) is 9.15 Å². The number of hydrogen-bond acceptors (Lipinski definition) is 5. The quantitative estimate of drug-likeness (QED) is 0.561. The molecule has 3 rings (SSSR count). The van der Waals surface area contributed by atoms with Crippen LogP contribution in [0.25, 0.3) is 22.3 Å². The van der Waals surface area contributed by atoms with Crippen molar-refractivity contribution in [1.82, 2.24) is 0 Å². The number of ether oxygens (including phenoxy) is 1. The zero-order chi connectivity index (χ0) is 17.0. The molecule has 0 bridgehead atoms. The second kappa shape index (κ2) is 8.55. The summed E-state index contributed by atoms with van der Waals surface area (Å²) in [6, 6.07) is 10.5. The molecular formula is C18H18O5W. The molecule has 0 radical (unpaired) electrons. The van der Waals surface area contributed by atoms with Gasteiger partial charge >= 0.3 is 0 Å². The fourth-order valence-corrected chi connectivity index (χ4v) is 2.15.